The molecule has 188 valence electrons. The Hall–Kier alpha value is -4.29. The van der Waals surface area contributed by atoms with Crippen molar-refractivity contribution in [3.63, 3.8) is 0 Å². The van der Waals surface area contributed by atoms with E-state index in [0.717, 1.165) is 5.56 Å². The number of nitrogens with one attached hydrogen (secondary N) is 2. The molecule has 0 radical (unpaired) electrons. The topological polar surface area (TPSA) is 76.7 Å². The first kappa shape index (κ1) is 25.8. The van der Waals surface area contributed by atoms with E-state index in [2.05, 4.69) is 10.6 Å². The van der Waals surface area contributed by atoms with Gasteiger partial charge in [0, 0.05) is 22.3 Å². The first-order chi connectivity index (χ1) is 17.9. The van der Waals surface area contributed by atoms with Crippen molar-refractivity contribution < 1.29 is 19.1 Å². The molecule has 0 aliphatic heterocycles. The molecule has 4 aromatic rings. The summed E-state index contributed by atoms with van der Waals surface area (Å²) in [6.07, 6.45) is -0.618. The fourth-order valence-corrected chi connectivity index (χ4v) is 4.00. The highest BCUT2D eigenvalue weighted by molar-refractivity contribution is 6.30. The number of rotatable bonds is 9. The maximum absolute atomic E-state index is 12.9. The van der Waals surface area contributed by atoms with Gasteiger partial charge in [-0.15, -0.1) is 0 Å². The van der Waals surface area contributed by atoms with Crippen LogP contribution in [0.5, 0.6) is 5.75 Å². The van der Waals surface area contributed by atoms with Crippen LogP contribution in [0, 0.1) is 0 Å². The van der Waals surface area contributed by atoms with Crippen LogP contribution in [0.4, 0.5) is 11.4 Å². The molecular formula is C30H27ClN2O4. The largest absolute Gasteiger partial charge is 0.495 e. The van der Waals surface area contributed by atoms with Crippen molar-refractivity contribution in [2.24, 2.45) is 0 Å². The molecule has 0 saturated carbocycles. The Morgan fingerprint density at radius 2 is 1.43 bits per heavy atom. The van der Waals surface area contributed by atoms with Crippen molar-refractivity contribution in [2.75, 3.05) is 17.7 Å². The van der Waals surface area contributed by atoms with E-state index in [4.69, 9.17) is 21.1 Å². The molecule has 7 heteroatoms. The minimum Gasteiger partial charge on any atom is -0.495 e. The van der Waals surface area contributed by atoms with Gasteiger partial charge in [0.1, 0.15) is 11.9 Å². The minimum atomic E-state index is -0.618. The van der Waals surface area contributed by atoms with Gasteiger partial charge in [-0.1, -0.05) is 60.1 Å². The number of anilines is 2. The predicted octanol–water partition coefficient (Wildman–Crippen LogP) is 7.00. The third-order valence-electron chi connectivity index (χ3n) is 5.77. The fourth-order valence-electron chi connectivity index (χ4n) is 3.87. The molecule has 1 amide bonds. The van der Waals surface area contributed by atoms with Crippen LogP contribution in [0.3, 0.4) is 0 Å². The Morgan fingerprint density at radius 3 is 2.05 bits per heavy atom. The summed E-state index contributed by atoms with van der Waals surface area (Å²) in [6, 6.07) is 30.0. The van der Waals surface area contributed by atoms with E-state index in [0.29, 0.717) is 33.3 Å². The second-order valence-corrected chi connectivity index (χ2v) is 8.85. The SMILES string of the molecule is COc1cc(NC(=O)c2ccccc2)ccc1N[C@H](C)[C@H](OC(=O)c1ccccc1)c1ccc(Cl)cc1. The van der Waals surface area contributed by atoms with Crippen molar-refractivity contribution in [1.82, 2.24) is 0 Å². The molecule has 4 aromatic carbocycles. The maximum Gasteiger partial charge on any atom is 0.338 e. The Labute approximate surface area is 221 Å². The zero-order chi connectivity index (χ0) is 26.2. The molecule has 0 unspecified atom stereocenters. The summed E-state index contributed by atoms with van der Waals surface area (Å²) in [6.45, 7) is 1.92. The number of halogens is 1. The molecule has 2 N–H and O–H groups in total. The zero-order valence-electron chi connectivity index (χ0n) is 20.5. The average molecular weight is 515 g/mol. The Kier molecular flexibility index (Phi) is 8.44. The van der Waals surface area contributed by atoms with Gasteiger partial charge in [0.2, 0.25) is 0 Å². The van der Waals surface area contributed by atoms with Gasteiger partial charge in [0.05, 0.1) is 24.4 Å². The molecule has 0 bridgehead atoms. The molecule has 0 saturated heterocycles. The molecule has 0 aliphatic carbocycles. The van der Waals surface area contributed by atoms with Crippen molar-refractivity contribution in [2.45, 2.75) is 19.1 Å². The van der Waals surface area contributed by atoms with Crippen molar-refractivity contribution >= 4 is 34.9 Å². The van der Waals surface area contributed by atoms with Crippen LogP contribution in [-0.4, -0.2) is 25.0 Å². The summed E-state index contributed by atoms with van der Waals surface area (Å²) in [4.78, 5) is 25.4. The predicted molar refractivity (Wildman–Crippen MR) is 147 cm³/mol. The number of esters is 1. The number of hydrogen-bond donors (Lipinski definition) is 2. The summed E-state index contributed by atoms with van der Waals surface area (Å²) in [5.41, 5.74) is 3.09. The summed E-state index contributed by atoms with van der Waals surface area (Å²) in [5.74, 6) is -0.116. The van der Waals surface area contributed by atoms with Gasteiger partial charge in [-0.25, -0.2) is 4.79 Å². The lowest BCUT2D eigenvalue weighted by Crippen LogP contribution is -2.28. The number of hydrogen-bond acceptors (Lipinski definition) is 5. The van der Waals surface area contributed by atoms with Gasteiger partial charge in [-0.05, 0) is 61.0 Å². The number of carbonyl (C=O) groups excluding carboxylic acids is 2. The summed E-state index contributed by atoms with van der Waals surface area (Å²) in [5, 5.41) is 6.87. The van der Waals surface area contributed by atoms with Crippen LogP contribution in [0.1, 0.15) is 39.3 Å². The Bertz CT molecular complexity index is 1350. The normalized spacial score (nSPS) is 12.2. The zero-order valence-corrected chi connectivity index (χ0v) is 21.2. The van der Waals surface area contributed by atoms with Gasteiger partial charge in [0.15, 0.2) is 0 Å². The fraction of sp³-hybridized carbons (Fsp3) is 0.133. The van der Waals surface area contributed by atoms with Crippen LogP contribution in [-0.2, 0) is 4.74 Å². The van der Waals surface area contributed by atoms with Gasteiger partial charge in [-0.3, -0.25) is 4.79 Å². The summed E-state index contributed by atoms with van der Waals surface area (Å²) < 4.78 is 11.5. The van der Waals surface area contributed by atoms with E-state index in [1.807, 2.05) is 49.4 Å². The smallest absolute Gasteiger partial charge is 0.338 e. The van der Waals surface area contributed by atoms with Crippen LogP contribution in [0.2, 0.25) is 5.02 Å². The molecule has 37 heavy (non-hydrogen) atoms. The second-order valence-electron chi connectivity index (χ2n) is 8.41. The standard InChI is InChI=1S/C30H27ClN2O4/c1-20(28(21-13-15-24(31)16-14-21)37-30(35)23-11-7-4-8-12-23)32-26-18-17-25(19-27(26)36-2)33-29(34)22-9-5-3-6-10-22/h3-20,28,32H,1-2H3,(H,33,34)/t20-,28+/m1/s1. The van der Waals surface area contributed by atoms with E-state index in [-0.39, 0.29) is 11.9 Å². The molecule has 4 rings (SSSR count). The van der Waals surface area contributed by atoms with E-state index < -0.39 is 12.1 Å². The molecule has 0 aromatic heterocycles. The lowest BCUT2D eigenvalue weighted by molar-refractivity contribution is 0.0262. The molecule has 0 spiro atoms. The van der Waals surface area contributed by atoms with Crippen molar-refractivity contribution in [3.8, 4) is 5.75 Å². The van der Waals surface area contributed by atoms with E-state index in [9.17, 15) is 9.59 Å². The van der Waals surface area contributed by atoms with Crippen LogP contribution in [0.15, 0.2) is 103 Å². The first-order valence-corrected chi connectivity index (χ1v) is 12.1. The van der Waals surface area contributed by atoms with Crippen molar-refractivity contribution in [3.05, 3.63) is 125 Å². The van der Waals surface area contributed by atoms with Gasteiger partial charge in [0.25, 0.3) is 5.91 Å². The third-order valence-corrected chi connectivity index (χ3v) is 6.03. The number of ether oxygens (including phenoxy) is 2. The highest BCUT2D eigenvalue weighted by Crippen LogP contribution is 2.32. The molecule has 6 nitrogen and oxygen atoms in total. The van der Waals surface area contributed by atoms with Crippen LogP contribution < -0.4 is 15.4 Å². The average Bonchev–Trinajstić information content (AvgIpc) is 2.93. The van der Waals surface area contributed by atoms with E-state index in [1.54, 1.807) is 67.8 Å². The molecule has 0 heterocycles. The van der Waals surface area contributed by atoms with Crippen molar-refractivity contribution in [1.29, 1.82) is 0 Å². The summed E-state index contributed by atoms with van der Waals surface area (Å²) in [7, 11) is 1.56. The highest BCUT2D eigenvalue weighted by atomic mass is 35.5. The summed E-state index contributed by atoms with van der Waals surface area (Å²) >= 11 is 6.09. The number of amides is 1. The minimum absolute atomic E-state index is 0.215. The number of benzene rings is 4. The number of carbonyl (C=O) groups is 2. The molecular weight excluding hydrogens is 488 g/mol. The lowest BCUT2D eigenvalue weighted by Gasteiger charge is -2.27. The second kappa shape index (κ2) is 12.1. The monoisotopic (exact) mass is 514 g/mol. The van der Waals surface area contributed by atoms with E-state index >= 15 is 0 Å². The number of methoxy groups -OCH3 is 1. The van der Waals surface area contributed by atoms with E-state index in [1.165, 1.54) is 0 Å². The quantitative estimate of drug-likeness (QED) is 0.235. The maximum atomic E-state index is 12.9. The Balaban J connectivity index is 1.54. The first-order valence-electron chi connectivity index (χ1n) is 11.8. The van der Waals surface area contributed by atoms with Gasteiger partial charge in [-0.2, -0.15) is 0 Å². The molecule has 0 aliphatic rings. The van der Waals surface area contributed by atoms with Gasteiger partial charge >= 0.3 is 5.97 Å². The molecule has 0 fully saturated rings. The third kappa shape index (κ3) is 6.68. The lowest BCUT2D eigenvalue weighted by atomic mass is 10.0. The Morgan fingerprint density at radius 1 is 0.811 bits per heavy atom. The van der Waals surface area contributed by atoms with Crippen LogP contribution >= 0.6 is 11.6 Å². The van der Waals surface area contributed by atoms with Gasteiger partial charge < -0.3 is 20.1 Å². The van der Waals surface area contributed by atoms with Crippen LogP contribution in [0.25, 0.3) is 0 Å². The molecule has 2 atom stereocenters. The highest BCUT2D eigenvalue weighted by Gasteiger charge is 2.25.